The zero-order valence-electron chi connectivity index (χ0n) is 4.10. The molecule has 1 nitrogen and oxygen atoms in total. The van der Waals surface area contributed by atoms with Gasteiger partial charge in [-0.3, -0.25) is 0 Å². The molecule has 0 unspecified atom stereocenters. The maximum Gasteiger partial charge on any atom is 0.0902 e. The molecule has 1 aromatic rings. The molecule has 0 atom stereocenters. The van der Waals surface area contributed by atoms with Crippen LogP contribution >= 0.6 is 15.9 Å². The van der Waals surface area contributed by atoms with Gasteiger partial charge in [0.1, 0.15) is 0 Å². The highest BCUT2D eigenvalue weighted by Gasteiger charge is 1.58. The molecule has 1 heterocycles. The molecule has 0 saturated heterocycles. The van der Waals surface area contributed by atoms with Gasteiger partial charge in [0, 0.05) is 0 Å². The summed E-state index contributed by atoms with van der Waals surface area (Å²) in [6.07, 6.45) is 3.25. The van der Waals surface area contributed by atoms with Crippen molar-refractivity contribution >= 4 is 15.9 Å². The molecule has 0 radical (unpaired) electrons. The van der Waals surface area contributed by atoms with E-state index in [0.29, 0.717) is 0 Å². The van der Waals surface area contributed by atoms with Crippen molar-refractivity contribution in [1.82, 2.24) is 0 Å². The number of hydrogen-bond acceptors (Lipinski definition) is 1. The highest BCUT2D eigenvalue weighted by molar-refractivity contribution is 9.08. The van der Waals surface area contributed by atoms with Crippen LogP contribution in [0.1, 0.15) is 0 Å². The molecule has 0 aliphatic heterocycles. The Balaban J connectivity index is 0.000000162. The monoisotopic (exact) mass is 162 g/mol. The zero-order chi connectivity index (χ0) is 5.54. The number of halogens is 1. The second kappa shape index (κ2) is 5.76. The molecule has 0 bridgehead atoms. The van der Waals surface area contributed by atoms with Crippen LogP contribution in [-0.4, -0.2) is 5.83 Å². The highest BCUT2D eigenvalue weighted by atomic mass is 79.9. The van der Waals surface area contributed by atoms with Crippen LogP contribution in [0.4, 0.5) is 0 Å². The summed E-state index contributed by atoms with van der Waals surface area (Å²) in [6.45, 7) is 0. The fourth-order valence-corrected chi connectivity index (χ4v) is 0.227. The quantitative estimate of drug-likeness (QED) is 0.534. The first-order valence-electron chi connectivity index (χ1n) is 1.85. The number of hydrogen-bond donors (Lipinski definition) is 0. The summed E-state index contributed by atoms with van der Waals surface area (Å²) in [5.41, 5.74) is 0. The van der Waals surface area contributed by atoms with Gasteiger partial charge in [0.25, 0.3) is 0 Å². The summed E-state index contributed by atoms with van der Waals surface area (Å²) >= 11 is 2.94. The van der Waals surface area contributed by atoms with E-state index in [9.17, 15) is 0 Å². The van der Waals surface area contributed by atoms with E-state index in [-0.39, 0.29) is 0 Å². The Labute approximate surface area is 51.5 Å². The molecule has 0 aromatic carbocycles. The largest absolute Gasteiger partial charge is 0.473 e. The normalized spacial score (nSPS) is 6.57. The van der Waals surface area contributed by atoms with E-state index >= 15 is 0 Å². The lowest BCUT2D eigenvalue weighted by molar-refractivity contribution is 0.567. The van der Waals surface area contributed by atoms with Gasteiger partial charge in [-0.2, -0.15) is 0 Å². The molecule has 0 fully saturated rings. The third-order valence-electron chi connectivity index (χ3n) is 0.425. The van der Waals surface area contributed by atoms with Crippen molar-refractivity contribution in [3.63, 3.8) is 0 Å². The number of rotatable bonds is 0. The SMILES string of the molecule is CBr.c1ccoc1. The topological polar surface area (TPSA) is 13.1 Å². The van der Waals surface area contributed by atoms with Gasteiger partial charge in [-0.1, -0.05) is 15.9 Å². The summed E-state index contributed by atoms with van der Waals surface area (Å²) in [5, 5.41) is 0. The zero-order valence-corrected chi connectivity index (χ0v) is 5.68. The van der Waals surface area contributed by atoms with Crippen LogP contribution in [0.25, 0.3) is 0 Å². The number of alkyl halides is 1. The first-order valence-corrected chi connectivity index (χ1v) is 3.44. The van der Waals surface area contributed by atoms with Gasteiger partial charge in [-0.25, -0.2) is 0 Å². The Morgan fingerprint density at radius 1 is 1.14 bits per heavy atom. The molecule has 7 heavy (non-hydrogen) atoms. The van der Waals surface area contributed by atoms with E-state index in [2.05, 4.69) is 20.3 Å². The first kappa shape index (κ1) is 6.76. The molecular weight excluding hydrogens is 156 g/mol. The third kappa shape index (κ3) is 3.59. The molecule has 1 aromatic heterocycles. The molecule has 40 valence electrons. The van der Waals surface area contributed by atoms with Crippen molar-refractivity contribution in [3.8, 4) is 0 Å². The van der Waals surface area contributed by atoms with E-state index in [4.69, 9.17) is 0 Å². The molecule has 2 heteroatoms. The molecule has 0 spiro atoms. The maximum atomic E-state index is 4.58. The molecule has 0 saturated carbocycles. The van der Waals surface area contributed by atoms with Crippen LogP contribution in [0.5, 0.6) is 0 Å². The standard InChI is InChI=1S/C4H4O.CH3Br/c1-2-4-5-3-1;1-2/h1-4H;1H3. The summed E-state index contributed by atoms with van der Waals surface area (Å²) in [6, 6.07) is 3.67. The average molecular weight is 163 g/mol. The Hall–Kier alpha value is -0.240. The summed E-state index contributed by atoms with van der Waals surface area (Å²) in [7, 11) is 0. The molecule has 0 amide bonds. The van der Waals surface area contributed by atoms with Gasteiger partial charge >= 0.3 is 0 Å². The number of furan rings is 1. The van der Waals surface area contributed by atoms with Gasteiger partial charge in [0.2, 0.25) is 0 Å². The fraction of sp³-hybridized carbons (Fsp3) is 0.200. The summed E-state index contributed by atoms with van der Waals surface area (Å²) in [4.78, 5) is 0. The van der Waals surface area contributed by atoms with E-state index in [0.717, 1.165) is 0 Å². The second-order valence-corrected chi connectivity index (χ2v) is 0.793. The maximum absolute atomic E-state index is 4.58. The lowest BCUT2D eigenvalue weighted by Crippen LogP contribution is -1.16. The van der Waals surface area contributed by atoms with Crippen LogP contribution < -0.4 is 0 Å². The van der Waals surface area contributed by atoms with Crippen molar-refractivity contribution in [1.29, 1.82) is 0 Å². The van der Waals surface area contributed by atoms with E-state index < -0.39 is 0 Å². The van der Waals surface area contributed by atoms with E-state index in [1.807, 2.05) is 18.0 Å². The fourth-order valence-electron chi connectivity index (χ4n) is 0.227. The van der Waals surface area contributed by atoms with Gasteiger partial charge < -0.3 is 4.42 Å². The Bertz CT molecular complexity index is 64.6. The molecule has 0 N–H and O–H groups in total. The van der Waals surface area contributed by atoms with Crippen molar-refractivity contribution in [2.24, 2.45) is 0 Å². The van der Waals surface area contributed by atoms with Gasteiger partial charge in [0.05, 0.1) is 12.5 Å². The van der Waals surface area contributed by atoms with Crippen LogP contribution in [-0.2, 0) is 0 Å². The van der Waals surface area contributed by atoms with Crippen molar-refractivity contribution in [3.05, 3.63) is 24.7 Å². The smallest absolute Gasteiger partial charge is 0.0902 e. The second-order valence-electron chi connectivity index (χ2n) is 0.793. The molecular formula is C5H7BrO. The predicted octanol–water partition coefficient (Wildman–Crippen LogP) is 2.29. The Morgan fingerprint density at radius 3 is 1.71 bits per heavy atom. The Morgan fingerprint density at radius 2 is 1.57 bits per heavy atom. The minimum atomic E-state index is 1.62. The van der Waals surface area contributed by atoms with E-state index in [1.54, 1.807) is 12.5 Å². The lowest BCUT2D eigenvalue weighted by Gasteiger charge is -1.50. The van der Waals surface area contributed by atoms with Crippen LogP contribution in [0.15, 0.2) is 29.1 Å². The summed E-state index contributed by atoms with van der Waals surface area (Å²) in [5.74, 6) is 1.81. The minimum absolute atomic E-state index is 1.62. The van der Waals surface area contributed by atoms with Gasteiger partial charge in [0.15, 0.2) is 0 Å². The molecule has 1 rings (SSSR count). The molecule has 0 aliphatic rings. The van der Waals surface area contributed by atoms with E-state index in [1.165, 1.54) is 0 Å². The Kier molecular flexibility index (Phi) is 5.56. The summed E-state index contributed by atoms with van der Waals surface area (Å²) < 4.78 is 4.58. The highest BCUT2D eigenvalue weighted by Crippen LogP contribution is 1.79. The lowest BCUT2D eigenvalue weighted by atomic mass is 10.7. The van der Waals surface area contributed by atoms with Crippen molar-refractivity contribution < 1.29 is 4.42 Å². The third-order valence-corrected chi connectivity index (χ3v) is 0.425. The predicted molar refractivity (Wildman–Crippen MR) is 33.6 cm³/mol. The van der Waals surface area contributed by atoms with Crippen LogP contribution in [0.3, 0.4) is 0 Å². The first-order chi connectivity index (χ1) is 3.50. The minimum Gasteiger partial charge on any atom is -0.473 e. The van der Waals surface area contributed by atoms with Crippen molar-refractivity contribution in [2.75, 3.05) is 5.83 Å². The van der Waals surface area contributed by atoms with Gasteiger partial charge in [-0.15, -0.1) is 0 Å². The molecule has 0 aliphatic carbocycles. The average Bonchev–Trinajstić information content (AvgIpc) is 2.23. The van der Waals surface area contributed by atoms with Crippen molar-refractivity contribution in [2.45, 2.75) is 0 Å². The van der Waals surface area contributed by atoms with Gasteiger partial charge in [-0.05, 0) is 18.0 Å². The van der Waals surface area contributed by atoms with Crippen LogP contribution in [0.2, 0.25) is 0 Å². The van der Waals surface area contributed by atoms with Crippen LogP contribution in [0, 0.1) is 0 Å².